The maximum absolute atomic E-state index is 13.6. The van der Waals surface area contributed by atoms with Crippen LogP contribution in [0.3, 0.4) is 0 Å². The molecule has 2 aliphatic rings. The molecule has 3 heteroatoms. The molecule has 0 radical (unpaired) electrons. The highest BCUT2D eigenvalue weighted by atomic mass is 19.2. The van der Waals surface area contributed by atoms with Gasteiger partial charge in [-0.1, -0.05) is 51.2 Å². The van der Waals surface area contributed by atoms with Gasteiger partial charge in [-0.25, -0.2) is 13.2 Å². The third-order valence-electron chi connectivity index (χ3n) is 7.66. The number of hydrogen-bond donors (Lipinski definition) is 0. The lowest BCUT2D eigenvalue weighted by atomic mass is 9.68. The zero-order chi connectivity index (χ0) is 21.3. The zero-order valence-corrected chi connectivity index (χ0v) is 18.7. The normalized spacial score (nSPS) is 27.6. The molecule has 0 aromatic heterocycles. The van der Waals surface area contributed by atoms with E-state index in [9.17, 15) is 13.2 Å². The molecule has 168 valence electrons. The largest absolute Gasteiger partial charge is 0.204 e. The van der Waals surface area contributed by atoms with E-state index in [-0.39, 0.29) is 5.92 Å². The highest BCUT2D eigenvalue weighted by Gasteiger charge is 2.31. The van der Waals surface area contributed by atoms with Crippen molar-refractivity contribution in [3.05, 3.63) is 47.3 Å². The lowest BCUT2D eigenvalue weighted by Gasteiger charge is -2.38. The molecule has 0 nitrogen and oxygen atoms in total. The third kappa shape index (κ3) is 6.62. The Labute approximate surface area is 181 Å². The number of rotatable bonds is 9. The summed E-state index contributed by atoms with van der Waals surface area (Å²) in [4.78, 5) is 0. The van der Waals surface area contributed by atoms with Crippen molar-refractivity contribution in [3.8, 4) is 0 Å². The maximum atomic E-state index is 13.6. The smallest absolute Gasteiger partial charge is 0.194 e. The average molecular weight is 421 g/mol. The molecule has 0 heterocycles. The molecule has 0 saturated heterocycles. The summed E-state index contributed by atoms with van der Waals surface area (Å²) >= 11 is 0. The molecular weight excluding hydrogens is 381 g/mol. The first-order valence-electron chi connectivity index (χ1n) is 12.4. The zero-order valence-electron chi connectivity index (χ0n) is 18.7. The molecule has 0 spiro atoms. The van der Waals surface area contributed by atoms with Crippen molar-refractivity contribution in [1.82, 2.24) is 0 Å². The Morgan fingerprint density at radius 3 is 1.93 bits per heavy atom. The van der Waals surface area contributed by atoms with Crippen molar-refractivity contribution in [3.63, 3.8) is 0 Å². The summed E-state index contributed by atoms with van der Waals surface area (Å²) in [6, 6.07) is 2.41. The first kappa shape index (κ1) is 23.4. The van der Waals surface area contributed by atoms with Gasteiger partial charge in [0.15, 0.2) is 17.5 Å². The summed E-state index contributed by atoms with van der Waals surface area (Å²) < 4.78 is 40.3. The van der Waals surface area contributed by atoms with Gasteiger partial charge in [0, 0.05) is 0 Å². The summed E-state index contributed by atoms with van der Waals surface area (Å²) in [6.07, 6.45) is 22.2. The van der Waals surface area contributed by atoms with Crippen LogP contribution >= 0.6 is 0 Å². The number of benzene rings is 1. The first-order valence-corrected chi connectivity index (χ1v) is 12.4. The van der Waals surface area contributed by atoms with E-state index >= 15 is 0 Å². The SMILES string of the molecule is CCCC=CCCCCC1CCC(C2CCC(c3cc(F)c(F)c(F)c3)CC2)CC1. The van der Waals surface area contributed by atoms with E-state index < -0.39 is 17.5 Å². The van der Waals surface area contributed by atoms with Crippen molar-refractivity contribution >= 4 is 0 Å². The lowest BCUT2D eigenvalue weighted by molar-refractivity contribution is 0.155. The molecule has 0 bridgehead atoms. The predicted molar refractivity (Wildman–Crippen MR) is 119 cm³/mol. The van der Waals surface area contributed by atoms with E-state index in [0.29, 0.717) is 5.56 Å². The van der Waals surface area contributed by atoms with Gasteiger partial charge in [-0.05, 0) is 99.2 Å². The molecule has 0 amide bonds. The Balaban J connectivity index is 1.34. The van der Waals surface area contributed by atoms with Crippen molar-refractivity contribution in [1.29, 1.82) is 0 Å². The molecular formula is C27H39F3. The summed E-state index contributed by atoms with van der Waals surface area (Å²) in [6.45, 7) is 2.22. The van der Waals surface area contributed by atoms with Crippen molar-refractivity contribution < 1.29 is 13.2 Å². The minimum absolute atomic E-state index is 0.175. The quantitative estimate of drug-likeness (QED) is 0.212. The Kier molecular flexibility index (Phi) is 9.33. The van der Waals surface area contributed by atoms with E-state index in [0.717, 1.165) is 43.4 Å². The standard InChI is InChI=1S/C27H39F3/c1-2-3-4-5-6-7-8-9-20-10-12-21(13-11-20)22-14-16-23(17-15-22)24-18-25(28)27(30)26(29)19-24/h4-5,18-23H,2-3,6-17H2,1H3. The van der Waals surface area contributed by atoms with E-state index in [4.69, 9.17) is 0 Å². The molecule has 1 aromatic carbocycles. The van der Waals surface area contributed by atoms with Crippen LogP contribution in [0.2, 0.25) is 0 Å². The van der Waals surface area contributed by atoms with Gasteiger partial charge < -0.3 is 0 Å². The topological polar surface area (TPSA) is 0 Å². The first-order chi connectivity index (χ1) is 14.6. The minimum Gasteiger partial charge on any atom is -0.204 e. The molecule has 2 saturated carbocycles. The van der Waals surface area contributed by atoms with Crippen LogP contribution in [-0.2, 0) is 0 Å². The fourth-order valence-corrected chi connectivity index (χ4v) is 5.78. The monoisotopic (exact) mass is 420 g/mol. The second kappa shape index (κ2) is 12.0. The molecule has 0 aliphatic heterocycles. The van der Waals surface area contributed by atoms with Crippen LogP contribution in [0.5, 0.6) is 0 Å². The summed E-state index contributed by atoms with van der Waals surface area (Å²) in [5, 5.41) is 0. The van der Waals surface area contributed by atoms with Gasteiger partial charge in [-0.15, -0.1) is 0 Å². The number of halogens is 3. The number of allylic oxidation sites excluding steroid dienone is 2. The van der Waals surface area contributed by atoms with E-state index in [1.165, 1.54) is 76.3 Å². The second-order valence-corrected chi connectivity index (χ2v) is 9.74. The van der Waals surface area contributed by atoms with Crippen molar-refractivity contribution in [2.45, 2.75) is 103 Å². The minimum atomic E-state index is -1.35. The van der Waals surface area contributed by atoms with E-state index in [2.05, 4.69) is 19.1 Å². The van der Waals surface area contributed by atoms with Crippen LogP contribution in [0.15, 0.2) is 24.3 Å². The van der Waals surface area contributed by atoms with Gasteiger partial charge >= 0.3 is 0 Å². The highest BCUT2D eigenvalue weighted by molar-refractivity contribution is 5.23. The number of unbranched alkanes of at least 4 members (excludes halogenated alkanes) is 3. The molecule has 0 unspecified atom stereocenters. The van der Waals surface area contributed by atoms with Crippen LogP contribution < -0.4 is 0 Å². The van der Waals surface area contributed by atoms with Crippen LogP contribution in [0, 0.1) is 35.2 Å². The lowest BCUT2D eigenvalue weighted by Crippen LogP contribution is -2.25. The fourth-order valence-electron chi connectivity index (χ4n) is 5.78. The Morgan fingerprint density at radius 2 is 1.33 bits per heavy atom. The maximum Gasteiger partial charge on any atom is 0.194 e. The molecule has 1 aromatic rings. The average Bonchev–Trinajstić information content (AvgIpc) is 2.77. The predicted octanol–water partition coefficient (Wildman–Crippen LogP) is 9.10. The molecule has 2 aliphatic carbocycles. The van der Waals surface area contributed by atoms with Gasteiger partial charge in [0.05, 0.1) is 0 Å². The highest BCUT2D eigenvalue weighted by Crippen LogP contribution is 2.44. The molecule has 0 atom stereocenters. The molecule has 0 N–H and O–H groups in total. The van der Waals surface area contributed by atoms with Gasteiger partial charge in [0.25, 0.3) is 0 Å². The van der Waals surface area contributed by atoms with Gasteiger partial charge in [0.2, 0.25) is 0 Å². The summed E-state index contributed by atoms with van der Waals surface area (Å²) in [7, 11) is 0. The summed E-state index contributed by atoms with van der Waals surface area (Å²) in [5.41, 5.74) is 0.637. The third-order valence-corrected chi connectivity index (χ3v) is 7.66. The molecule has 2 fully saturated rings. The van der Waals surface area contributed by atoms with Gasteiger partial charge in [-0.3, -0.25) is 0 Å². The van der Waals surface area contributed by atoms with Gasteiger partial charge in [-0.2, -0.15) is 0 Å². The van der Waals surface area contributed by atoms with Crippen molar-refractivity contribution in [2.24, 2.45) is 17.8 Å². The Bertz CT molecular complexity index is 642. The van der Waals surface area contributed by atoms with E-state index in [1.54, 1.807) is 0 Å². The van der Waals surface area contributed by atoms with Crippen LogP contribution in [-0.4, -0.2) is 0 Å². The Morgan fingerprint density at radius 1 is 0.767 bits per heavy atom. The van der Waals surface area contributed by atoms with Crippen LogP contribution in [0.4, 0.5) is 13.2 Å². The van der Waals surface area contributed by atoms with Crippen molar-refractivity contribution in [2.75, 3.05) is 0 Å². The van der Waals surface area contributed by atoms with Gasteiger partial charge in [0.1, 0.15) is 0 Å². The van der Waals surface area contributed by atoms with Crippen LogP contribution in [0.25, 0.3) is 0 Å². The molecule has 30 heavy (non-hydrogen) atoms. The molecule has 3 rings (SSSR count). The fraction of sp³-hybridized carbons (Fsp3) is 0.704. The van der Waals surface area contributed by atoms with Crippen LogP contribution in [0.1, 0.15) is 108 Å². The number of hydrogen-bond acceptors (Lipinski definition) is 0. The van der Waals surface area contributed by atoms with E-state index in [1.807, 2.05) is 0 Å². The second-order valence-electron chi connectivity index (χ2n) is 9.74. The Hall–Kier alpha value is -1.25. The summed E-state index contributed by atoms with van der Waals surface area (Å²) in [5.74, 6) is -0.764.